The summed E-state index contributed by atoms with van der Waals surface area (Å²) in [4.78, 5) is 0. The molecule has 0 radical (unpaired) electrons. The molecule has 0 aliphatic heterocycles. The van der Waals surface area contributed by atoms with E-state index in [9.17, 15) is 4.39 Å². The SMILES string of the molecule is NCC(OCCOc1ccccc1)c1cccc(F)c1. The van der Waals surface area contributed by atoms with Crippen molar-refractivity contribution in [2.24, 2.45) is 5.73 Å². The van der Waals surface area contributed by atoms with Crippen LogP contribution in [0.25, 0.3) is 0 Å². The van der Waals surface area contributed by atoms with Crippen LogP contribution in [0.4, 0.5) is 4.39 Å². The predicted octanol–water partition coefficient (Wildman–Crippen LogP) is 2.92. The van der Waals surface area contributed by atoms with E-state index in [0.717, 1.165) is 11.3 Å². The Kier molecular flexibility index (Phi) is 5.53. The standard InChI is InChI=1S/C16H18FNO2/c17-14-6-4-5-13(11-14)16(12-18)20-10-9-19-15-7-2-1-3-8-15/h1-8,11,16H,9-10,12,18H2. The minimum Gasteiger partial charge on any atom is -0.491 e. The minimum atomic E-state index is -0.315. The van der Waals surface area contributed by atoms with E-state index in [-0.39, 0.29) is 11.9 Å². The topological polar surface area (TPSA) is 44.5 Å². The lowest BCUT2D eigenvalue weighted by atomic mass is 10.1. The molecule has 0 saturated heterocycles. The van der Waals surface area contributed by atoms with Crippen molar-refractivity contribution in [1.29, 1.82) is 0 Å². The molecule has 1 unspecified atom stereocenters. The van der Waals surface area contributed by atoms with E-state index in [0.29, 0.717) is 19.8 Å². The lowest BCUT2D eigenvalue weighted by molar-refractivity contribution is 0.0379. The van der Waals surface area contributed by atoms with E-state index in [2.05, 4.69) is 0 Å². The molecule has 2 rings (SSSR count). The fourth-order valence-electron chi connectivity index (χ4n) is 1.87. The van der Waals surface area contributed by atoms with Gasteiger partial charge in [0, 0.05) is 6.54 Å². The van der Waals surface area contributed by atoms with Crippen molar-refractivity contribution in [3.8, 4) is 5.75 Å². The second-order valence-corrected chi connectivity index (χ2v) is 4.31. The Morgan fingerprint density at radius 2 is 1.80 bits per heavy atom. The highest BCUT2D eigenvalue weighted by Crippen LogP contribution is 2.17. The van der Waals surface area contributed by atoms with Crippen LogP contribution in [0.1, 0.15) is 11.7 Å². The Bertz CT molecular complexity index is 519. The van der Waals surface area contributed by atoms with Crippen LogP contribution in [0.5, 0.6) is 5.75 Å². The van der Waals surface area contributed by atoms with Crippen LogP contribution in [0.15, 0.2) is 54.6 Å². The van der Waals surface area contributed by atoms with Crippen molar-refractivity contribution in [2.75, 3.05) is 19.8 Å². The summed E-state index contributed by atoms with van der Waals surface area (Å²) in [5, 5.41) is 0. The van der Waals surface area contributed by atoms with Gasteiger partial charge in [0.25, 0.3) is 0 Å². The van der Waals surface area contributed by atoms with Gasteiger partial charge in [0.05, 0.1) is 12.7 Å². The second kappa shape index (κ2) is 7.62. The van der Waals surface area contributed by atoms with Gasteiger partial charge in [-0.1, -0.05) is 30.3 Å². The van der Waals surface area contributed by atoms with Gasteiger partial charge in [0.15, 0.2) is 0 Å². The highest BCUT2D eigenvalue weighted by molar-refractivity contribution is 5.21. The van der Waals surface area contributed by atoms with Crippen molar-refractivity contribution in [1.82, 2.24) is 0 Å². The molecule has 0 fully saturated rings. The summed E-state index contributed by atoms with van der Waals surface area (Å²) in [7, 11) is 0. The van der Waals surface area contributed by atoms with Crippen LogP contribution in [0.2, 0.25) is 0 Å². The highest BCUT2D eigenvalue weighted by Gasteiger charge is 2.10. The number of rotatable bonds is 7. The highest BCUT2D eigenvalue weighted by atomic mass is 19.1. The molecule has 0 heterocycles. The first-order valence-electron chi connectivity index (χ1n) is 6.54. The summed E-state index contributed by atoms with van der Waals surface area (Å²) >= 11 is 0. The average Bonchev–Trinajstić information content (AvgIpc) is 2.48. The summed E-state index contributed by atoms with van der Waals surface area (Å²) in [5.41, 5.74) is 6.40. The Morgan fingerprint density at radius 1 is 1.00 bits per heavy atom. The van der Waals surface area contributed by atoms with Gasteiger partial charge >= 0.3 is 0 Å². The van der Waals surface area contributed by atoms with Gasteiger partial charge in [-0.3, -0.25) is 0 Å². The quantitative estimate of drug-likeness (QED) is 0.790. The van der Waals surface area contributed by atoms with Crippen LogP contribution in [0.3, 0.4) is 0 Å². The molecule has 2 aromatic rings. The third kappa shape index (κ3) is 4.33. The van der Waals surface area contributed by atoms with Crippen LogP contribution < -0.4 is 10.5 Å². The van der Waals surface area contributed by atoms with E-state index in [4.69, 9.17) is 15.2 Å². The Hall–Kier alpha value is -1.91. The molecule has 106 valence electrons. The summed E-state index contributed by atoms with van der Waals surface area (Å²) in [6.45, 7) is 1.12. The van der Waals surface area contributed by atoms with E-state index < -0.39 is 0 Å². The Morgan fingerprint density at radius 3 is 2.50 bits per heavy atom. The van der Waals surface area contributed by atoms with Gasteiger partial charge in [-0.15, -0.1) is 0 Å². The van der Waals surface area contributed by atoms with Crippen molar-refractivity contribution < 1.29 is 13.9 Å². The molecular formula is C16H18FNO2. The largest absolute Gasteiger partial charge is 0.491 e. The maximum Gasteiger partial charge on any atom is 0.123 e. The zero-order valence-corrected chi connectivity index (χ0v) is 11.2. The molecule has 0 aliphatic rings. The van der Waals surface area contributed by atoms with Crippen molar-refractivity contribution in [2.45, 2.75) is 6.10 Å². The van der Waals surface area contributed by atoms with Gasteiger partial charge < -0.3 is 15.2 Å². The van der Waals surface area contributed by atoms with Crippen LogP contribution in [0, 0.1) is 5.82 Å². The number of hydrogen-bond donors (Lipinski definition) is 1. The van der Waals surface area contributed by atoms with Gasteiger partial charge in [-0.25, -0.2) is 4.39 Å². The van der Waals surface area contributed by atoms with Crippen molar-refractivity contribution in [3.05, 3.63) is 66.0 Å². The molecule has 2 N–H and O–H groups in total. The Balaban J connectivity index is 1.80. The van der Waals surface area contributed by atoms with Crippen molar-refractivity contribution >= 4 is 0 Å². The van der Waals surface area contributed by atoms with Crippen LogP contribution in [-0.4, -0.2) is 19.8 Å². The van der Waals surface area contributed by atoms with Gasteiger partial charge in [-0.2, -0.15) is 0 Å². The molecule has 4 heteroatoms. The number of ether oxygens (including phenoxy) is 2. The van der Waals surface area contributed by atoms with Crippen molar-refractivity contribution in [3.63, 3.8) is 0 Å². The van der Waals surface area contributed by atoms with Crippen LogP contribution >= 0.6 is 0 Å². The smallest absolute Gasteiger partial charge is 0.123 e. The molecule has 0 aliphatic carbocycles. The first-order valence-corrected chi connectivity index (χ1v) is 6.54. The number of hydrogen-bond acceptors (Lipinski definition) is 3. The van der Waals surface area contributed by atoms with E-state index >= 15 is 0 Å². The minimum absolute atomic E-state index is 0.287. The summed E-state index contributed by atoms with van der Waals surface area (Å²) in [6.07, 6.45) is -0.315. The molecule has 0 aromatic heterocycles. The van der Waals surface area contributed by atoms with Crippen LogP contribution in [-0.2, 0) is 4.74 Å². The van der Waals surface area contributed by atoms with Gasteiger partial charge in [-0.05, 0) is 29.8 Å². The fraction of sp³-hybridized carbons (Fsp3) is 0.250. The van der Waals surface area contributed by atoms with E-state index in [1.165, 1.54) is 12.1 Å². The molecule has 0 spiro atoms. The molecule has 3 nitrogen and oxygen atoms in total. The lowest BCUT2D eigenvalue weighted by Gasteiger charge is -2.16. The first kappa shape index (κ1) is 14.5. The normalized spacial score (nSPS) is 12.1. The summed E-state index contributed by atoms with van der Waals surface area (Å²) in [5.74, 6) is 0.510. The maximum atomic E-state index is 13.2. The lowest BCUT2D eigenvalue weighted by Crippen LogP contribution is -2.19. The number of para-hydroxylation sites is 1. The molecular weight excluding hydrogens is 257 g/mol. The predicted molar refractivity (Wildman–Crippen MR) is 76.1 cm³/mol. The Labute approximate surface area is 118 Å². The molecule has 0 saturated carbocycles. The fourth-order valence-corrected chi connectivity index (χ4v) is 1.87. The number of nitrogens with two attached hydrogens (primary N) is 1. The molecule has 2 aromatic carbocycles. The molecule has 0 bridgehead atoms. The monoisotopic (exact) mass is 275 g/mol. The zero-order valence-electron chi connectivity index (χ0n) is 11.2. The van der Waals surface area contributed by atoms with Gasteiger partial charge in [0.1, 0.15) is 18.2 Å². The molecule has 0 amide bonds. The third-order valence-corrected chi connectivity index (χ3v) is 2.85. The number of halogens is 1. The van der Waals surface area contributed by atoms with E-state index in [1.807, 2.05) is 30.3 Å². The molecule has 1 atom stereocenters. The maximum absolute atomic E-state index is 13.2. The zero-order chi connectivity index (χ0) is 14.2. The van der Waals surface area contributed by atoms with E-state index in [1.54, 1.807) is 12.1 Å². The second-order valence-electron chi connectivity index (χ2n) is 4.31. The number of benzene rings is 2. The van der Waals surface area contributed by atoms with Gasteiger partial charge in [0.2, 0.25) is 0 Å². The summed E-state index contributed by atoms with van der Waals surface area (Å²) in [6, 6.07) is 15.8. The average molecular weight is 275 g/mol. The third-order valence-electron chi connectivity index (χ3n) is 2.85. The molecule has 20 heavy (non-hydrogen) atoms. The first-order chi connectivity index (χ1) is 9.79. The summed E-state index contributed by atoms with van der Waals surface area (Å²) < 4.78 is 24.3.